The third-order valence-corrected chi connectivity index (χ3v) is 2.42. The van der Waals surface area contributed by atoms with E-state index in [1.54, 1.807) is 0 Å². The summed E-state index contributed by atoms with van der Waals surface area (Å²) in [5.74, 6) is 0.355. The summed E-state index contributed by atoms with van der Waals surface area (Å²) in [5, 5.41) is 3.51. The van der Waals surface area contributed by atoms with Crippen LogP contribution in [-0.4, -0.2) is 29.4 Å². The Morgan fingerprint density at radius 3 is 2.71 bits per heavy atom. The SMILES string of the molecule is CC(C)(C)N1CC(CN=[N+]=[N-])CC1=O. The van der Waals surface area contributed by atoms with Crippen molar-refractivity contribution in [2.24, 2.45) is 11.0 Å². The predicted molar refractivity (Wildman–Crippen MR) is 53.6 cm³/mol. The Hall–Kier alpha value is -1.22. The quantitative estimate of drug-likeness (QED) is 0.378. The Labute approximate surface area is 83.7 Å². The topological polar surface area (TPSA) is 69.1 Å². The van der Waals surface area contributed by atoms with Gasteiger partial charge in [-0.25, -0.2) is 0 Å². The third-order valence-electron chi connectivity index (χ3n) is 2.42. The van der Waals surface area contributed by atoms with Crippen molar-refractivity contribution in [1.82, 2.24) is 4.90 Å². The third kappa shape index (κ3) is 2.39. The van der Waals surface area contributed by atoms with E-state index in [9.17, 15) is 4.79 Å². The van der Waals surface area contributed by atoms with Crippen LogP contribution in [0.25, 0.3) is 10.4 Å². The molecular formula is C9H16N4O. The van der Waals surface area contributed by atoms with Crippen molar-refractivity contribution in [3.05, 3.63) is 10.4 Å². The Morgan fingerprint density at radius 1 is 1.64 bits per heavy atom. The molecule has 1 saturated heterocycles. The lowest BCUT2D eigenvalue weighted by Crippen LogP contribution is -2.42. The molecule has 0 aromatic carbocycles. The maximum atomic E-state index is 11.6. The Balaban J connectivity index is 2.60. The van der Waals surface area contributed by atoms with E-state index >= 15 is 0 Å². The first-order valence-electron chi connectivity index (χ1n) is 4.76. The molecule has 0 spiro atoms. The molecule has 78 valence electrons. The summed E-state index contributed by atoms with van der Waals surface area (Å²) in [4.78, 5) is 16.1. The molecule has 1 rings (SSSR count). The van der Waals surface area contributed by atoms with Crippen LogP contribution in [0.2, 0.25) is 0 Å². The van der Waals surface area contributed by atoms with E-state index in [2.05, 4.69) is 10.0 Å². The summed E-state index contributed by atoms with van der Waals surface area (Å²) in [5.41, 5.74) is 8.06. The zero-order valence-corrected chi connectivity index (χ0v) is 8.90. The standard InChI is InChI=1S/C9H16N4O/c1-9(2,3)13-6-7(4-8(13)14)5-11-12-10/h7H,4-6H2,1-3H3. The number of azide groups is 1. The number of likely N-dealkylation sites (tertiary alicyclic amines) is 1. The second kappa shape index (κ2) is 3.88. The fourth-order valence-corrected chi connectivity index (χ4v) is 1.70. The maximum Gasteiger partial charge on any atom is 0.223 e. The highest BCUT2D eigenvalue weighted by Crippen LogP contribution is 2.25. The van der Waals surface area contributed by atoms with Crippen LogP contribution >= 0.6 is 0 Å². The summed E-state index contributed by atoms with van der Waals surface area (Å²) in [6.07, 6.45) is 0.510. The zero-order chi connectivity index (χ0) is 10.8. The van der Waals surface area contributed by atoms with Gasteiger partial charge in [0.05, 0.1) is 0 Å². The highest BCUT2D eigenvalue weighted by Gasteiger charge is 2.35. The van der Waals surface area contributed by atoms with Gasteiger partial charge in [-0.1, -0.05) is 5.11 Å². The molecule has 14 heavy (non-hydrogen) atoms. The van der Waals surface area contributed by atoms with Crippen LogP contribution in [0.4, 0.5) is 0 Å². The number of nitrogens with zero attached hydrogens (tertiary/aromatic N) is 4. The zero-order valence-electron chi connectivity index (χ0n) is 8.90. The lowest BCUT2D eigenvalue weighted by Gasteiger charge is -2.32. The van der Waals surface area contributed by atoms with Crippen LogP contribution in [0.1, 0.15) is 27.2 Å². The minimum atomic E-state index is -0.123. The van der Waals surface area contributed by atoms with Crippen LogP contribution in [0, 0.1) is 5.92 Å². The van der Waals surface area contributed by atoms with Crippen molar-refractivity contribution in [3.63, 3.8) is 0 Å². The van der Waals surface area contributed by atoms with Gasteiger partial charge in [0.2, 0.25) is 5.91 Å². The minimum absolute atomic E-state index is 0.123. The van der Waals surface area contributed by atoms with Crippen molar-refractivity contribution in [2.45, 2.75) is 32.7 Å². The van der Waals surface area contributed by atoms with Crippen LogP contribution in [0.15, 0.2) is 5.11 Å². The fourth-order valence-electron chi connectivity index (χ4n) is 1.70. The molecule has 1 unspecified atom stereocenters. The molecule has 0 aromatic heterocycles. The number of rotatable bonds is 2. The normalized spacial score (nSPS) is 22.4. The van der Waals surface area contributed by atoms with E-state index in [4.69, 9.17) is 5.53 Å². The average Bonchev–Trinajstić information content (AvgIpc) is 2.42. The molecule has 0 radical (unpaired) electrons. The largest absolute Gasteiger partial charge is 0.338 e. The van der Waals surface area contributed by atoms with E-state index in [0.717, 1.165) is 0 Å². The second-order valence-corrected chi connectivity index (χ2v) is 4.66. The summed E-state index contributed by atoms with van der Waals surface area (Å²) in [6.45, 7) is 7.18. The van der Waals surface area contributed by atoms with Crippen molar-refractivity contribution in [3.8, 4) is 0 Å². The van der Waals surface area contributed by atoms with Gasteiger partial charge in [-0.05, 0) is 32.2 Å². The molecule has 1 amide bonds. The smallest absolute Gasteiger partial charge is 0.223 e. The van der Waals surface area contributed by atoms with Gasteiger partial charge in [0, 0.05) is 30.0 Å². The molecule has 0 N–H and O–H groups in total. The summed E-state index contributed by atoms with van der Waals surface area (Å²) >= 11 is 0. The van der Waals surface area contributed by atoms with Gasteiger partial charge < -0.3 is 4.90 Å². The number of hydrogen-bond donors (Lipinski definition) is 0. The van der Waals surface area contributed by atoms with Crippen LogP contribution in [-0.2, 0) is 4.79 Å². The first-order chi connectivity index (χ1) is 6.45. The molecule has 1 aliphatic heterocycles. The van der Waals surface area contributed by atoms with E-state index in [0.29, 0.717) is 19.5 Å². The van der Waals surface area contributed by atoms with E-state index in [1.807, 2.05) is 25.7 Å². The number of carbonyl (C=O) groups excluding carboxylic acids is 1. The first-order valence-corrected chi connectivity index (χ1v) is 4.76. The molecule has 5 heteroatoms. The van der Waals surface area contributed by atoms with E-state index in [1.165, 1.54) is 0 Å². The van der Waals surface area contributed by atoms with Crippen LogP contribution < -0.4 is 0 Å². The van der Waals surface area contributed by atoms with Crippen molar-refractivity contribution in [1.29, 1.82) is 0 Å². The van der Waals surface area contributed by atoms with Gasteiger partial charge in [0.1, 0.15) is 0 Å². The van der Waals surface area contributed by atoms with Gasteiger partial charge >= 0.3 is 0 Å². The average molecular weight is 196 g/mol. The number of carbonyl (C=O) groups is 1. The lowest BCUT2D eigenvalue weighted by atomic mass is 10.1. The second-order valence-electron chi connectivity index (χ2n) is 4.66. The van der Waals surface area contributed by atoms with Gasteiger partial charge in [-0.15, -0.1) is 0 Å². The monoisotopic (exact) mass is 196 g/mol. The highest BCUT2D eigenvalue weighted by molar-refractivity contribution is 5.79. The molecule has 0 bridgehead atoms. The lowest BCUT2D eigenvalue weighted by molar-refractivity contribution is -0.131. The van der Waals surface area contributed by atoms with Gasteiger partial charge in [0.15, 0.2) is 0 Å². The summed E-state index contributed by atoms with van der Waals surface area (Å²) in [6, 6.07) is 0. The highest BCUT2D eigenvalue weighted by atomic mass is 16.2. The molecule has 0 saturated carbocycles. The van der Waals surface area contributed by atoms with Gasteiger partial charge in [-0.2, -0.15) is 0 Å². The summed E-state index contributed by atoms with van der Waals surface area (Å²) < 4.78 is 0. The predicted octanol–water partition coefficient (Wildman–Crippen LogP) is 1.94. The molecular weight excluding hydrogens is 180 g/mol. The Bertz CT molecular complexity index is 275. The maximum absolute atomic E-state index is 11.6. The Kier molecular flexibility index (Phi) is 3.01. The van der Waals surface area contributed by atoms with E-state index in [-0.39, 0.29) is 17.4 Å². The van der Waals surface area contributed by atoms with Crippen LogP contribution in [0.3, 0.4) is 0 Å². The van der Waals surface area contributed by atoms with Crippen molar-refractivity contribution in [2.75, 3.05) is 13.1 Å². The fraction of sp³-hybridized carbons (Fsp3) is 0.889. The molecule has 1 aliphatic rings. The number of hydrogen-bond acceptors (Lipinski definition) is 2. The van der Waals surface area contributed by atoms with Crippen molar-refractivity contribution >= 4 is 5.91 Å². The molecule has 5 nitrogen and oxygen atoms in total. The minimum Gasteiger partial charge on any atom is -0.338 e. The molecule has 0 aliphatic carbocycles. The van der Waals surface area contributed by atoms with Crippen molar-refractivity contribution < 1.29 is 4.79 Å². The molecule has 1 fully saturated rings. The van der Waals surface area contributed by atoms with Gasteiger partial charge in [0.25, 0.3) is 0 Å². The van der Waals surface area contributed by atoms with Gasteiger partial charge in [-0.3, -0.25) is 4.79 Å². The first kappa shape index (κ1) is 10.9. The van der Waals surface area contributed by atoms with E-state index < -0.39 is 0 Å². The Morgan fingerprint density at radius 2 is 2.29 bits per heavy atom. The summed E-state index contributed by atoms with van der Waals surface area (Å²) in [7, 11) is 0. The molecule has 0 aromatic rings. The van der Waals surface area contributed by atoms with Crippen LogP contribution in [0.5, 0.6) is 0 Å². The molecule has 1 heterocycles. The molecule has 1 atom stereocenters. The number of amides is 1.